The first kappa shape index (κ1) is 17.1. The lowest BCUT2D eigenvalue weighted by molar-refractivity contribution is -0.396. The number of hydrogen-bond donors (Lipinski definition) is 0. The average molecular weight is 351 g/mol. The van der Waals surface area contributed by atoms with Crippen LogP contribution in [-0.2, 0) is 16.6 Å². The molecule has 1 unspecified atom stereocenters. The molecule has 0 spiro atoms. The first-order valence-corrected chi connectivity index (χ1v) is 7.66. The van der Waals surface area contributed by atoms with Gasteiger partial charge in [-0.25, -0.2) is 0 Å². The summed E-state index contributed by atoms with van der Waals surface area (Å²) < 4.78 is 12.3. The van der Waals surface area contributed by atoms with Gasteiger partial charge in [0.25, 0.3) is 17.1 Å². The minimum absolute atomic E-state index is 0.114. The zero-order valence-electron chi connectivity index (χ0n) is 11.9. The van der Waals surface area contributed by atoms with E-state index in [1.807, 2.05) is 0 Å². The van der Waals surface area contributed by atoms with Crippen molar-refractivity contribution in [2.24, 2.45) is 0 Å². The zero-order valence-corrected chi connectivity index (χ0v) is 12.7. The summed E-state index contributed by atoms with van der Waals surface area (Å²) in [6.45, 7) is 0. The van der Waals surface area contributed by atoms with Crippen molar-refractivity contribution < 1.29 is 19.0 Å². The molecule has 0 bridgehead atoms. The third-order valence-corrected chi connectivity index (χ3v) is 4.47. The van der Waals surface area contributed by atoms with Crippen LogP contribution in [0.4, 0.5) is 17.1 Å². The summed E-state index contributed by atoms with van der Waals surface area (Å²) in [5.74, 6) is -0.114. The molecule has 124 valence electrons. The molecule has 0 saturated carbocycles. The molecule has 0 aliphatic heterocycles. The number of benzene rings is 2. The normalized spacial score (nSPS) is 11.7. The third-order valence-electron chi connectivity index (χ3n) is 3.04. The van der Waals surface area contributed by atoms with E-state index in [0.717, 1.165) is 18.2 Å². The van der Waals surface area contributed by atoms with Crippen molar-refractivity contribution >= 4 is 27.9 Å². The molecular formula is C13H9N3O7S. The number of nitrogens with zero attached hydrogens (tertiary/aromatic N) is 3. The molecule has 0 amide bonds. The van der Waals surface area contributed by atoms with Crippen LogP contribution in [0.15, 0.2) is 47.4 Å². The van der Waals surface area contributed by atoms with Crippen LogP contribution in [0.1, 0.15) is 5.56 Å². The molecule has 11 heteroatoms. The van der Waals surface area contributed by atoms with E-state index in [0.29, 0.717) is 5.56 Å². The Labute approximate surface area is 136 Å². The number of non-ortho nitro benzene ring substituents is 2. The van der Waals surface area contributed by atoms with Gasteiger partial charge in [0.2, 0.25) is 0 Å². The van der Waals surface area contributed by atoms with Crippen molar-refractivity contribution in [2.45, 2.75) is 10.6 Å². The minimum atomic E-state index is -1.84. The van der Waals surface area contributed by atoms with Gasteiger partial charge in [-0.15, -0.1) is 0 Å². The second kappa shape index (κ2) is 6.91. The molecule has 24 heavy (non-hydrogen) atoms. The highest BCUT2D eigenvalue weighted by Gasteiger charge is 2.23. The molecule has 0 N–H and O–H groups in total. The van der Waals surface area contributed by atoms with Crippen LogP contribution in [0.25, 0.3) is 0 Å². The smallest absolute Gasteiger partial charge is 0.258 e. The first-order chi connectivity index (χ1) is 11.3. The van der Waals surface area contributed by atoms with Gasteiger partial charge in [0.1, 0.15) is 4.90 Å². The van der Waals surface area contributed by atoms with Gasteiger partial charge in [0.05, 0.1) is 37.4 Å². The Morgan fingerprint density at radius 3 is 1.83 bits per heavy atom. The molecule has 0 aliphatic rings. The van der Waals surface area contributed by atoms with Crippen LogP contribution in [-0.4, -0.2) is 19.0 Å². The predicted octanol–water partition coefficient (Wildman–Crippen LogP) is 2.72. The zero-order chi connectivity index (χ0) is 17.9. The number of hydrogen-bond acceptors (Lipinski definition) is 7. The van der Waals surface area contributed by atoms with Crippen LogP contribution >= 0.6 is 0 Å². The van der Waals surface area contributed by atoms with E-state index < -0.39 is 36.9 Å². The van der Waals surface area contributed by atoms with Gasteiger partial charge in [0.15, 0.2) is 0 Å². The lowest BCUT2D eigenvalue weighted by atomic mass is 10.2. The Morgan fingerprint density at radius 1 is 0.792 bits per heavy atom. The van der Waals surface area contributed by atoms with Crippen LogP contribution in [0.3, 0.4) is 0 Å². The molecule has 0 heterocycles. The number of nitro groups is 3. The maximum absolute atomic E-state index is 12.3. The summed E-state index contributed by atoms with van der Waals surface area (Å²) in [6.07, 6.45) is 0. The van der Waals surface area contributed by atoms with E-state index in [1.165, 1.54) is 24.3 Å². The second-order valence-corrected chi connectivity index (χ2v) is 6.00. The van der Waals surface area contributed by atoms with Gasteiger partial charge < -0.3 is 0 Å². The quantitative estimate of drug-likeness (QED) is 0.574. The monoisotopic (exact) mass is 351 g/mol. The first-order valence-electron chi connectivity index (χ1n) is 6.34. The molecule has 2 aromatic carbocycles. The van der Waals surface area contributed by atoms with Crippen molar-refractivity contribution in [3.05, 3.63) is 78.4 Å². The fraction of sp³-hybridized carbons (Fsp3) is 0.0769. The van der Waals surface area contributed by atoms with Crippen LogP contribution in [0.5, 0.6) is 0 Å². The van der Waals surface area contributed by atoms with Crippen LogP contribution < -0.4 is 0 Å². The van der Waals surface area contributed by atoms with Crippen molar-refractivity contribution in [1.29, 1.82) is 0 Å². The van der Waals surface area contributed by atoms with E-state index in [1.54, 1.807) is 0 Å². The molecule has 0 radical (unpaired) electrons. The summed E-state index contributed by atoms with van der Waals surface area (Å²) in [6, 6.07) is 8.13. The average Bonchev–Trinajstić information content (AvgIpc) is 2.54. The third kappa shape index (κ3) is 3.76. The second-order valence-electron chi connectivity index (χ2n) is 4.58. The molecule has 2 aromatic rings. The van der Waals surface area contributed by atoms with Crippen molar-refractivity contribution in [3.8, 4) is 0 Å². The van der Waals surface area contributed by atoms with E-state index in [2.05, 4.69) is 0 Å². The molecular weight excluding hydrogens is 342 g/mol. The van der Waals surface area contributed by atoms with E-state index in [-0.39, 0.29) is 16.3 Å². The number of rotatable bonds is 6. The van der Waals surface area contributed by atoms with Gasteiger partial charge in [-0.3, -0.25) is 34.6 Å². The van der Waals surface area contributed by atoms with E-state index >= 15 is 0 Å². The summed E-state index contributed by atoms with van der Waals surface area (Å²) in [4.78, 5) is 30.0. The Bertz CT molecular complexity index is 851. The highest BCUT2D eigenvalue weighted by molar-refractivity contribution is 7.84. The minimum Gasteiger partial charge on any atom is -0.258 e. The van der Waals surface area contributed by atoms with Gasteiger partial charge in [-0.05, 0) is 11.6 Å². The largest absolute Gasteiger partial charge is 0.292 e. The number of nitro benzene ring substituents is 3. The van der Waals surface area contributed by atoms with E-state index in [9.17, 15) is 34.6 Å². The summed E-state index contributed by atoms with van der Waals surface area (Å²) in [7, 11) is -1.84. The van der Waals surface area contributed by atoms with Crippen LogP contribution in [0, 0.1) is 30.3 Å². The standard InChI is InChI=1S/C13H9N3O7S/c17-14(18)10-3-1-9(2-4-10)8-24(23)13-6-5-11(15(19)20)7-12(13)16(21)22/h1-7H,8H2. The maximum Gasteiger partial charge on any atom is 0.292 e. The van der Waals surface area contributed by atoms with Crippen molar-refractivity contribution in [1.82, 2.24) is 0 Å². The topological polar surface area (TPSA) is 146 Å². The Morgan fingerprint density at radius 2 is 1.33 bits per heavy atom. The lowest BCUT2D eigenvalue weighted by Crippen LogP contribution is -2.02. The highest BCUT2D eigenvalue weighted by Crippen LogP contribution is 2.28. The van der Waals surface area contributed by atoms with Gasteiger partial charge in [-0.2, -0.15) is 0 Å². The van der Waals surface area contributed by atoms with Crippen molar-refractivity contribution in [2.75, 3.05) is 0 Å². The summed E-state index contributed by atoms with van der Waals surface area (Å²) >= 11 is 0. The van der Waals surface area contributed by atoms with Gasteiger partial charge in [-0.1, -0.05) is 12.1 Å². The molecule has 2 rings (SSSR count). The van der Waals surface area contributed by atoms with E-state index in [4.69, 9.17) is 0 Å². The summed E-state index contributed by atoms with van der Waals surface area (Å²) in [5.41, 5.74) is -0.736. The molecule has 10 nitrogen and oxygen atoms in total. The van der Waals surface area contributed by atoms with Gasteiger partial charge >= 0.3 is 0 Å². The Kier molecular flexibility index (Phi) is 4.94. The lowest BCUT2D eigenvalue weighted by Gasteiger charge is -2.04. The molecule has 0 saturated heterocycles. The fourth-order valence-electron chi connectivity index (χ4n) is 1.90. The summed E-state index contributed by atoms with van der Waals surface area (Å²) in [5, 5.41) is 32.3. The van der Waals surface area contributed by atoms with Crippen LogP contribution in [0.2, 0.25) is 0 Å². The molecule has 1 atom stereocenters. The SMILES string of the molecule is O=[N+]([O-])c1ccc(CS(=O)c2ccc([N+](=O)[O-])cc2[N+](=O)[O-])cc1. The highest BCUT2D eigenvalue weighted by atomic mass is 32.2. The molecule has 0 aromatic heterocycles. The van der Waals surface area contributed by atoms with Gasteiger partial charge in [0, 0.05) is 18.2 Å². The van der Waals surface area contributed by atoms with Crippen molar-refractivity contribution in [3.63, 3.8) is 0 Å². The molecule has 0 aliphatic carbocycles. The Hall–Kier alpha value is -3.21. The predicted molar refractivity (Wildman–Crippen MR) is 83.0 cm³/mol. The Balaban J connectivity index is 2.30. The molecule has 0 fully saturated rings. The maximum atomic E-state index is 12.3. The fourth-order valence-corrected chi connectivity index (χ4v) is 3.13.